The van der Waals surface area contributed by atoms with Gasteiger partial charge in [-0.2, -0.15) is 0 Å². The van der Waals surface area contributed by atoms with Crippen LogP contribution in [0.2, 0.25) is 0 Å². The van der Waals surface area contributed by atoms with Crippen molar-refractivity contribution in [2.45, 2.75) is 33.6 Å². The van der Waals surface area contributed by atoms with Gasteiger partial charge in [0, 0.05) is 0 Å². The molecule has 0 heterocycles. The van der Waals surface area contributed by atoms with E-state index in [4.69, 9.17) is 5.11 Å². The van der Waals surface area contributed by atoms with Gasteiger partial charge in [0.25, 0.3) is 0 Å². The van der Waals surface area contributed by atoms with E-state index in [9.17, 15) is 0 Å². The van der Waals surface area contributed by atoms with Gasteiger partial charge in [-0.05, 0) is 39.2 Å². The fourth-order valence-electron chi connectivity index (χ4n) is 0.653. The third kappa shape index (κ3) is 5.42. The Balaban J connectivity index is 3.47. The van der Waals surface area contributed by atoms with Crippen LogP contribution in [-0.2, 0) is 0 Å². The Labute approximate surface area is 63.1 Å². The summed E-state index contributed by atoms with van der Waals surface area (Å²) in [6, 6.07) is 0. The maximum absolute atomic E-state index is 8.52. The largest absolute Gasteiger partial charge is 0.516 e. The molecular formula is C9H16O. The average Bonchev–Trinajstić information content (AvgIpc) is 1.87. The van der Waals surface area contributed by atoms with Gasteiger partial charge in [0.2, 0.25) is 0 Å². The molecule has 0 aliphatic rings. The van der Waals surface area contributed by atoms with Crippen molar-refractivity contribution in [3.63, 3.8) is 0 Å². The third-order valence-corrected chi connectivity index (χ3v) is 1.31. The summed E-state index contributed by atoms with van der Waals surface area (Å²) in [6.45, 7) is 6.09. The smallest absolute Gasteiger partial charge is 0.0780 e. The minimum absolute atomic E-state index is 0.960. The average molecular weight is 140 g/mol. The van der Waals surface area contributed by atoms with E-state index in [1.807, 2.05) is 6.92 Å². The van der Waals surface area contributed by atoms with Crippen LogP contribution in [0.1, 0.15) is 33.6 Å². The highest BCUT2D eigenvalue weighted by Crippen LogP contribution is 2.04. The molecule has 0 radical (unpaired) electrons. The molecule has 0 bridgehead atoms. The molecule has 1 heteroatoms. The van der Waals surface area contributed by atoms with E-state index in [-0.39, 0.29) is 0 Å². The summed E-state index contributed by atoms with van der Waals surface area (Å²) in [6.07, 6.45) is 5.35. The fourth-order valence-corrected chi connectivity index (χ4v) is 0.653. The van der Waals surface area contributed by atoms with Crippen molar-refractivity contribution < 1.29 is 5.11 Å². The molecule has 0 amide bonds. The molecule has 0 aromatic carbocycles. The van der Waals surface area contributed by atoms with Gasteiger partial charge >= 0.3 is 0 Å². The Morgan fingerprint density at radius 3 is 2.30 bits per heavy atom. The monoisotopic (exact) mass is 140 g/mol. The molecule has 0 rings (SSSR count). The molecule has 0 aromatic heterocycles. The van der Waals surface area contributed by atoms with Gasteiger partial charge in [-0.25, -0.2) is 0 Å². The molecular weight excluding hydrogens is 124 g/mol. The molecule has 0 aliphatic heterocycles. The summed E-state index contributed by atoms with van der Waals surface area (Å²) < 4.78 is 0. The van der Waals surface area contributed by atoms with Crippen LogP contribution in [0.3, 0.4) is 0 Å². The van der Waals surface area contributed by atoms with Crippen LogP contribution < -0.4 is 0 Å². The van der Waals surface area contributed by atoms with Crippen LogP contribution in [0.25, 0.3) is 0 Å². The second kappa shape index (κ2) is 5.10. The molecule has 1 nitrogen and oxygen atoms in total. The van der Waals surface area contributed by atoms with Crippen molar-refractivity contribution in [2.75, 3.05) is 0 Å². The van der Waals surface area contributed by atoms with Crippen LogP contribution in [0, 0.1) is 0 Å². The first kappa shape index (κ1) is 9.28. The van der Waals surface area contributed by atoms with E-state index in [2.05, 4.69) is 19.9 Å². The molecule has 0 unspecified atom stereocenters. The molecule has 0 aromatic rings. The van der Waals surface area contributed by atoms with E-state index < -0.39 is 0 Å². The lowest BCUT2D eigenvalue weighted by Crippen LogP contribution is -1.75. The number of hydrogen-bond acceptors (Lipinski definition) is 1. The highest BCUT2D eigenvalue weighted by atomic mass is 16.2. The van der Waals surface area contributed by atoms with Crippen LogP contribution in [0.4, 0.5) is 0 Å². The summed E-state index contributed by atoms with van der Waals surface area (Å²) >= 11 is 0. The zero-order chi connectivity index (χ0) is 7.98. The second-order valence-corrected chi connectivity index (χ2v) is 2.80. The number of hydrogen-bond donors (Lipinski definition) is 1. The summed E-state index contributed by atoms with van der Waals surface area (Å²) in [5.74, 6) is 0. The van der Waals surface area contributed by atoms with Gasteiger partial charge in [0.1, 0.15) is 0 Å². The molecule has 0 spiro atoms. The molecule has 0 aliphatic carbocycles. The first-order valence-corrected chi connectivity index (χ1v) is 3.60. The van der Waals surface area contributed by atoms with Crippen molar-refractivity contribution in [3.05, 3.63) is 23.5 Å². The van der Waals surface area contributed by atoms with E-state index in [0.29, 0.717) is 0 Å². The van der Waals surface area contributed by atoms with Crippen LogP contribution in [0.5, 0.6) is 0 Å². The first-order chi connectivity index (χ1) is 4.66. The Bertz CT molecular complexity index is 139. The molecule has 0 fully saturated rings. The molecule has 0 saturated heterocycles. The predicted molar refractivity (Wildman–Crippen MR) is 45.1 cm³/mol. The van der Waals surface area contributed by atoms with Crippen molar-refractivity contribution in [2.24, 2.45) is 0 Å². The van der Waals surface area contributed by atoms with Gasteiger partial charge in [0.15, 0.2) is 0 Å². The maximum atomic E-state index is 8.52. The standard InChI is InChI=1S/C9H16O/c1-8(2)5-4-6-9(3)7-10/h5,7,10H,4,6H2,1-3H3/b9-7+. The van der Waals surface area contributed by atoms with E-state index >= 15 is 0 Å². The zero-order valence-electron chi connectivity index (χ0n) is 7.02. The summed E-state index contributed by atoms with van der Waals surface area (Å²) in [4.78, 5) is 0. The van der Waals surface area contributed by atoms with E-state index in [0.717, 1.165) is 18.4 Å². The van der Waals surface area contributed by atoms with Crippen LogP contribution >= 0.6 is 0 Å². The maximum Gasteiger partial charge on any atom is 0.0780 e. The lowest BCUT2D eigenvalue weighted by atomic mass is 10.1. The van der Waals surface area contributed by atoms with Gasteiger partial charge in [0.05, 0.1) is 6.26 Å². The lowest BCUT2D eigenvalue weighted by molar-refractivity contribution is 0.464. The molecule has 1 N–H and O–H groups in total. The van der Waals surface area contributed by atoms with E-state index in [1.54, 1.807) is 0 Å². The number of rotatable bonds is 3. The van der Waals surface area contributed by atoms with E-state index in [1.165, 1.54) is 11.8 Å². The zero-order valence-corrected chi connectivity index (χ0v) is 7.02. The summed E-state index contributed by atoms with van der Waals surface area (Å²) in [5, 5.41) is 8.52. The Morgan fingerprint density at radius 2 is 1.90 bits per heavy atom. The SMILES string of the molecule is CC(C)=CCC/C(C)=C/O. The highest BCUT2D eigenvalue weighted by molar-refractivity contribution is 4.98. The van der Waals surface area contributed by atoms with Gasteiger partial charge in [-0.1, -0.05) is 11.6 Å². The Kier molecular flexibility index (Phi) is 4.73. The molecule has 0 saturated carbocycles. The van der Waals surface area contributed by atoms with Gasteiger partial charge < -0.3 is 5.11 Å². The summed E-state index contributed by atoms with van der Waals surface area (Å²) in [5.41, 5.74) is 2.38. The molecule has 10 heavy (non-hydrogen) atoms. The highest BCUT2D eigenvalue weighted by Gasteiger charge is 1.86. The van der Waals surface area contributed by atoms with Crippen molar-refractivity contribution >= 4 is 0 Å². The number of aliphatic hydroxyl groups is 1. The normalized spacial score (nSPS) is 11.3. The lowest BCUT2D eigenvalue weighted by Gasteiger charge is -1.94. The minimum Gasteiger partial charge on any atom is -0.516 e. The summed E-state index contributed by atoms with van der Waals surface area (Å²) in [7, 11) is 0. The Hall–Kier alpha value is -0.720. The number of allylic oxidation sites excluding steroid dienone is 3. The van der Waals surface area contributed by atoms with Crippen molar-refractivity contribution in [3.8, 4) is 0 Å². The van der Waals surface area contributed by atoms with Crippen LogP contribution in [0.15, 0.2) is 23.5 Å². The van der Waals surface area contributed by atoms with Crippen molar-refractivity contribution in [1.29, 1.82) is 0 Å². The number of aliphatic hydroxyl groups excluding tert-OH is 1. The third-order valence-electron chi connectivity index (χ3n) is 1.31. The second-order valence-electron chi connectivity index (χ2n) is 2.80. The first-order valence-electron chi connectivity index (χ1n) is 3.60. The fraction of sp³-hybridized carbons (Fsp3) is 0.556. The predicted octanol–water partition coefficient (Wildman–Crippen LogP) is 3.19. The Morgan fingerprint density at radius 1 is 1.30 bits per heavy atom. The quantitative estimate of drug-likeness (QED) is 0.471. The molecule has 0 atom stereocenters. The van der Waals surface area contributed by atoms with Crippen LogP contribution in [-0.4, -0.2) is 5.11 Å². The van der Waals surface area contributed by atoms with Gasteiger partial charge in [-0.3, -0.25) is 0 Å². The molecule has 58 valence electrons. The minimum atomic E-state index is 0.960. The van der Waals surface area contributed by atoms with Crippen molar-refractivity contribution in [1.82, 2.24) is 0 Å². The topological polar surface area (TPSA) is 20.2 Å². The van der Waals surface area contributed by atoms with Gasteiger partial charge in [-0.15, -0.1) is 0 Å².